The molecule has 1 N–H and O–H groups in total. The molecule has 1 aromatic carbocycles. The van der Waals surface area contributed by atoms with Gasteiger partial charge in [-0.15, -0.1) is 11.3 Å². The number of rotatable bonds is 5. The number of amides is 1. The first-order chi connectivity index (χ1) is 11.7. The average molecular weight is 343 g/mol. The second kappa shape index (κ2) is 8.11. The normalized spacial score (nSPS) is 16.3. The monoisotopic (exact) mass is 343 g/mol. The average Bonchev–Trinajstić information content (AvgIpc) is 3.16. The summed E-state index contributed by atoms with van der Waals surface area (Å²) in [6.45, 7) is 0. The van der Waals surface area contributed by atoms with Crippen molar-refractivity contribution in [3.05, 3.63) is 58.3 Å². The summed E-state index contributed by atoms with van der Waals surface area (Å²) in [4.78, 5) is 25.5. The van der Waals surface area contributed by atoms with Crippen molar-refractivity contribution in [1.29, 1.82) is 0 Å². The van der Waals surface area contributed by atoms with E-state index in [1.807, 2.05) is 35.7 Å². The number of thiophene rings is 1. The molecule has 1 atom stereocenters. The van der Waals surface area contributed by atoms with E-state index in [9.17, 15) is 9.59 Å². The van der Waals surface area contributed by atoms with Gasteiger partial charge in [0.2, 0.25) is 6.10 Å². The van der Waals surface area contributed by atoms with Crippen molar-refractivity contribution in [2.45, 2.75) is 44.2 Å². The van der Waals surface area contributed by atoms with Gasteiger partial charge in [-0.2, -0.15) is 0 Å². The maximum Gasteiger partial charge on any atom is 0.349 e. The van der Waals surface area contributed by atoms with E-state index in [1.165, 1.54) is 17.8 Å². The number of nitrogens with one attached hydrogen (secondary N) is 1. The van der Waals surface area contributed by atoms with Gasteiger partial charge in [-0.3, -0.25) is 4.79 Å². The molecule has 24 heavy (non-hydrogen) atoms. The smallest absolute Gasteiger partial charge is 0.349 e. The molecule has 1 fully saturated rings. The first-order valence-corrected chi connectivity index (χ1v) is 9.22. The second-order valence-electron chi connectivity index (χ2n) is 6.02. The van der Waals surface area contributed by atoms with Crippen LogP contribution in [0.1, 0.15) is 53.4 Å². The lowest BCUT2D eigenvalue weighted by molar-refractivity contribution is -0.131. The van der Waals surface area contributed by atoms with Gasteiger partial charge < -0.3 is 10.1 Å². The van der Waals surface area contributed by atoms with Crippen molar-refractivity contribution in [1.82, 2.24) is 5.32 Å². The molecule has 0 spiro atoms. The maximum atomic E-state index is 12.7. The number of carbonyl (C=O) groups excluding carboxylic acids is 2. The Morgan fingerprint density at radius 2 is 1.79 bits per heavy atom. The lowest BCUT2D eigenvalue weighted by atomic mass is 9.95. The largest absolute Gasteiger partial charge is 0.443 e. The third-order valence-electron chi connectivity index (χ3n) is 4.24. The van der Waals surface area contributed by atoms with E-state index in [2.05, 4.69) is 5.32 Å². The topological polar surface area (TPSA) is 55.4 Å². The Labute approximate surface area is 145 Å². The van der Waals surface area contributed by atoms with Crippen molar-refractivity contribution in [3.8, 4) is 0 Å². The SMILES string of the molecule is O=C(O[C@@H](C(=O)NC1CCCCC1)c1ccccc1)c1cccs1. The fourth-order valence-electron chi connectivity index (χ4n) is 2.98. The molecule has 1 aliphatic rings. The van der Waals surface area contributed by atoms with Gasteiger partial charge in [0, 0.05) is 11.6 Å². The highest BCUT2D eigenvalue weighted by Gasteiger charge is 2.28. The van der Waals surface area contributed by atoms with Crippen LogP contribution in [0.5, 0.6) is 0 Å². The van der Waals surface area contributed by atoms with Gasteiger partial charge in [-0.25, -0.2) is 4.79 Å². The molecule has 1 heterocycles. The Morgan fingerprint density at radius 1 is 1.04 bits per heavy atom. The van der Waals surface area contributed by atoms with E-state index in [-0.39, 0.29) is 11.9 Å². The number of benzene rings is 1. The van der Waals surface area contributed by atoms with Crippen molar-refractivity contribution >= 4 is 23.2 Å². The minimum Gasteiger partial charge on any atom is -0.443 e. The van der Waals surface area contributed by atoms with Gasteiger partial charge >= 0.3 is 5.97 Å². The molecule has 1 aliphatic carbocycles. The molecule has 0 bridgehead atoms. The van der Waals surface area contributed by atoms with Crippen LogP contribution in [0.3, 0.4) is 0 Å². The third kappa shape index (κ3) is 4.23. The van der Waals surface area contributed by atoms with Crippen molar-refractivity contribution < 1.29 is 14.3 Å². The van der Waals surface area contributed by atoms with Crippen LogP contribution >= 0.6 is 11.3 Å². The van der Waals surface area contributed by atoms with E-state index in [0.717, 1.165) is 25.7 Å². The van der Waals surface area contributed by atoms with Gasteiger partial charge in [-0.05, 0) is 24.3 Å². The minimum absolute atomic E-state index is 0.179. The first kappa shape index (κ1) is 16.7. The summed E-state index contributed by atoms with van der Waals surface area (Å²) in [6.07, 6.45) is 4.56. The summed E-state index contributed by atoms with van der Waals surface area (Å²) >= 11 is 1.31. The van der Waals surface area contributed by atoms with E-state index >= 15 is 0 Å². The van der Waals surface area contributed by atoms with E-state index in [1.54, 1.807) is 12.1 Å². The zero-order chi connectivity index (χ0) is 16.8. The standard InChI is InChI=1S/C19H21NO3S/c21-18(20-15-10-5-2-6-11-15)17(14-8-3-1-4-9-14)23-19(22)16-12-7-13-24-16/h1,3-4,7-9,12-13,15,17H,2,5-6,10-11H2,(H,20,21)/t17-/m1/s1. The molecule has 3 rings (SSSR count). The van der Waals surface area contributed by atoms with Gasteiger partial charge in [0.05, 0.1) is 0 Å². The Morgan fingerprint density at radius 3 is 2.46 bits per heavy atom. The van der Waals surface area contributed by atoms with Gasteiger partial charge in [0.25, 0.3) is 5.91 Å². The molecular formula is C19H21NO3S. The molecule has 0 aliphatic heterocycles. The quantitative estimate of drug-likeness (QED) is 0.832. The van der Waals surface area contributed by atoms with Crippen LogP contribution in [0.2, 0.25) is 0 Å². The van der Waals surface area contributed by atoms with Gasteiger partial charge in [0.15, 0.2) is 0 Å². The predicted octanol–water partition coefficient (Wildman–Crippen LogP) is 4.10. The van der Waals surface area contributed by atoms with Gasteiger partial charge in [-0.1, -0.05) is 55.7 Å². The molecule has 1 saturated carbocycles. The highest BCUT2D eigenvalue weighted by Crippen LogP contribution is 2.23. The third-order valence-corrected chi connectivity index (χ3v) is 5.09. The first-order valence-electron chi connectivity index (χ1n) is 8.34. The zero-order valence-electron chi connectivity index (χ0n) is 13.4. The molecule has 5 heteroatoms. The fraction of sp³-hybridized carbons (Fsp3) is 0.368. The zero-order valence-corrected chi connectivity index (χ0v) is 14.3. The molecule has 126 valence electrons. The van der Waals surface area contributed by atoms with Crippen LogP contribution in [0.4, 0.5) is 0 Å². The maximum absolute atomic E-state index is 12.7. The second-order valence-corrected chi connectivity index (χ2v) is 6.96. The molecule has 0 unspecified atom stereocenters. The van der Waals surface area contributed by atoms with Crippen molar-refractivity contribution in [3.63, 3.8) is 0 Å². The summed E-state index contributed by atoms with van der Waals surface area (Å²) in [5.41, 5.74) is 0.690. The highest BCUT2D eigenvalue weighted by molar-refractivity contribution is 7.11. The Kier molecular flexibility index (Phi) is 5.64. The minimum atomic E-state index is -0.914. The summed E-state index contributed by atoms with van der Waals surface area (Å²) in [6, 6.07) is 12.9. The van der Waals surface area contributed by atoms with Crippen LogP contribution in [0, 0.1) is 0 Å². The van der Waals surface area contributed by atoms with Crippen LogP contribution in [0.25, 0.3) is 0 Å². The van der Waals surface area contributed by atoms with Crippen LogP contribution < -0.4 is 5.32 Å². The highest BCUT2D eigenvalue weighted by atomic mass is 32.1. The number of esters is 1. The molecular weight excluding hydrogens is 322 g/mol. The lowest BCUT2D eigenvalue weighted by Gasteiger charge is -2.25. The molecule has 0 radical (unpaired) electrons. The number of hydrogen-bond donors (Lipinski definition) is 1. The summed E-state index contributed by atoms with van der Waals surface area (Å²) in [7, 11) is 0. The molecule has 2 aromatic rings. The van der Waals surface area contributed by atoms with Crippen molar-refractivity contribution in [2.24, 2.45) is 0 Å². The lowest BCUT2D eigenvalue weighted by Crippen LogP contribution is -2.40. The summed E-state index contributed by atoms with van der Waals surface area (Å²) in [5, 5.41) is 4.87. The summed E-state index contributed by atoms with van der Waals surface area (Å²) in [5.74, 6) is -0.698. The molecule has 1 aromatic heterocycles. The van der Waals surface area contributed by atoms with Crippen molar-refractivity contribution in [2.75, 3.05) is 0 Å². The van der Waals surface area contributed by atoms with Gasteiger partial charge in [0.1, 0.15) is 4.88 Å². The van der Waals surface area contributed by atoms with Crippen LogP contribution in [0.15, 0.2) is 47.8 Å². The number of ether oxygens (including phenoxy) is 1. The molecule has 4 nitrogen and oxygen atoms in total. The number of hydrogen-bond acceptors (Lipinski definition) is 4. The van der Waals surface area contributed by atoms with Crippen LogP contribution in [-0.4, -0.2) is 17.9 Å². The predicted molar refractivity (Wildman–Crippen MR) is 93.9 cm³/mol. The Hall–Kier alpha value is -2.14. The molecule has 1 amide bonds. The van der Waals surface area contributed by atoms with E-state index < -0.39 is 12.1 Å². The molecule has 0 saturated heterocycles. The van der Waals surface area contributed by atoms with E-state index in [0.29, 0.717) is 10.4 Å². The van der Waals surface area contributed by atoms with E-state index in [4.69, 9.17) is 4.74 Å². The summed E-state index contributed by atoms with van der Waals surface area (Å²) < 4.78 is 5.54. The Balaban J connectivity index is 1.74. The number of carbonyl (C=O) groups is 2. The fourth-order valence-corrected chi connectivity index (χ4v) is 3.59. The Bertz CT molecular complexity index is 663. The van der Waals surface area contributed by atoms with Crippen LogP contribution in [-0.2, 0) is 9.53 Å².